The molecular formula is C23H23FN4O2S. The van der Waals surface area contributed by atoms with Gasteiger partial charge in [0.15, 0.2) is 5.13 Å². The van der Waals surface area contributed by atoms with Gasteiger partial charge in [-0.3, -0.25) is 9.59 Å². The van der Waals surface area contributed by atoms with Gasteiger partial charge in [-0.25, -0.2) is 9.37 Å². The van der Waals surface area contributed by atoms with Crippen LogP contribution in [0.5, 0.6) is 0 Å². The van der Waals surface area contributed by atoms with Gasteiger partial charge in [0.25, 0.3) is 11.8 Å². The van der Waals surface area contributed by atoms with E-state index in [-0.39, 0.29) is 23.7 Å². The molecule has 8 heteroatoms. The summed E-state index contributed by atoms with van der Waals surface area (Å²) >= 11 is 1.25. The van der Waals surface area contributed by atoms with Crippen LogP contribution in [0.25, 0.3) is 0 Å². The standard InChI is InChI=1S/C23H23FN4O2S/c1-13-3-6-16(21(29)27-18-9-10-18)11-19(13)28-22(30)20-14(2)26-23(31-20)25-12-15-4-7-17(24)8-5-15/h3-8,11,18H,9-10,12H2,1-2H3,(H,25,26)(H,27,29)(H,28,30). The van der Waals surface area contributed by atoms with Gasteiger partial charge >= 0.3 is 0 Å². The number of rotatable bonds is 7. The quantitative estimate of drug-likeness (QED) is 0.501. The molecule has 0 atom stereocenters. The zero-order chi connectivity index (χ0) is 22.0. The molecule has 1 fully saturated rings. The molecule has 3 aromatic rings. The van der Waals surface area contributed by atoms with Gasteiger partial charge in [0, 0.05) is 23.8 Å². The second-order valence-corrected chi connectivity index (χ2v) is 8.64. The Morgan fingerprint density at radius 1 is 1.10 bits per heavy atom. The van der Waals surface area contributed by atoms with Gasteiger partial charge in [-0.05, 0) is 62.1 Å². The Kier molecular flexibility index (Phi) is 5.99. The summed E-state index contributed by atoms with van der Waals surface area (Å²) in [5.41, 5.74) is 3.52. The molecule has 31 heavy (non-hydrogen) atoms. The highest BCUT2D eigenvalue weighted by Crippen LogP contribution is 2.26. The van der Waals surface area contributed by atoms with Crippen LogP contribution < -0.4 is 16.0 Å². The molecule has 2 amide bonds. The number of hydrogen-bond donors (Lipinski definition) is 3. The third-order valence-corrected chi connectivity index (χ3v) is 6.13. The van der Waals surface area contributed by atoms with Crippen LogP contribution in [0.1, 0.15) is 49.7 Å². The molecule has 0 radical (unpaired) electrons. The monoisotopic (exact) mass is 438 g/mol. The second kappa shape index (κ2) is 8.85. The van der Waals surface area contributed by atoms with Gasteiger partial charge in [-0.1, -0.05) is 29.5 Å². The van der Waals surface area contributed by atoms with Crippen LogP contribution >= 0.6 is 11.3 Å². The molecular weight excluding hydrogens is 415 g/mol. The zero-order valence-corrected chi connectivity index (χ0v) is 18.1. The minimum atomic E-state index is -0.280. The van der Waals surface area contributed by atoms with E-state index < -0.39 is 0 Å². The summed E-state index contributed by atoms with van der Waals surface area (Å²) in [7, 11) is 0. The minimum absolute atomic E-state index is 0.126. The van der Waals surface area contributed by atoms with Crippen molar-refractivity contribution in [1.82, 2.24) is 10.3 Å². The van der Waals surface area contributed by atoms with Gasteiger partial charge in [-0.2, -0.15) is 0 Å². The van der Waals surface area contributed by atoms with Crippen molar-refractivity contribution in [3.8, 4) is 0 Å². The van der Waals surface area contributed by atoms with Gasteiger partial charge in [0.05, 0.1) is 5.69 Å². The highest BCUT2D eigenvalue weighted by atomic mass is 32.1. The summed E-state index contributed by atoms with van der Waals surface area (Å²) in [5, 5.41) is 9.65. The average molecular weight is 439 g/mol. The Morgan fingerprint density at radius 3 is 2.55 bits per heavy atom. The molecule has 0 bridgehead atoms. The van der Waals surface area contributed by atoms with Gasteiger partial charge in [0.2, 0.25) is 0 Å². The third-order valence-electron chi connectivity index (χ3n) is 5.02. The maximum atomic E-state index is 13.0. The molecule has 4 rings (SSSR count). The number of carbonyl (C=O) groups excluding carboxylic acids is 2. The highest BCUT2D eigenvalue weighted by molar-refractivity contribution is 7.17. The first kappa shape index (κ1) is 21.0. The molecule has 1 heterocycles. The molecule has 1 aliphatic rings. The molecule has 1 aromatic heterocycles. The first-order valence-corrected chi connectivity index (χ1v) is 10.9. The molecule has 6 nitrogen and oxygen atoms in total. The number of benzene rings is 2. The fourth-order valence-corrected chi connectivity index (χ4v) is 3.89. The average Bonchev–Trinajstić information content (AvgIpc) is 3.48. The normalized spacial score (nSPS) is 13.0. The zero-order valence-electron chi connectivity index (χ0n) is 17.3. The van der Waals surface area contributed by atoms with Crippen molar-refractivity contribution < 1.29 is 14.0 Å². The van der Waals surface area contributed by atoms with Crippen LogP contribution in [-0.4, -0.2) is 22.8 Å². The summed E-state index contributed by atoms with van der Waals surface area (Å²) in [6.07, 6.45) is 2.03. The van der Waals surface area contributed by atoms with E-state index in [4.69, 9.17) is 0 Å². The lowest BCUT2D eigenvalue weighted by Gasteiger charge is -2.10. The van der Waals surface area contributed by atoms with Gasteiger partial charge in [-0.15, -0.1) is 0 Å². The Bertz CT molecular complexity index is 1120. The summed E-state index contributed by atoms with van der Waals surface area (Å²) in [4.78, 5) is 30.1. The lowest BCUT2D eigenvalue weighted by molar-refractivity contribution is 0.0949. The van der Waals surface area contributed by atoms with E-state index in [0.717, 1.165) is 24.0 Å². The fourth-order valence-electron chi connectivity index (χ4n) is 3.04. The number of nitrogens with zero attached hydrogens (tertiary/aromatic N) is 1. The van der Waals surface area contributed by atoms with Crippen LogP contribution in [0.4, 0.5) is 15.2 Å². The maximum absolute atomic E-state index is 13.0. The van der Waals surface area contributed by atoms with Crippen molar-refractivity contribution >= 4 is 34.0 Å². The lowest BCUT2D eigenvalue weighted by Crippen LogP contribution is -2.25. The van der Waals surface area contributed by atoms with Crippen molar-refractivity contribution in [2.45, 2.75) is 39.3 Å². The smallest absolute Gasteiger partial charge is 0.267 e. The maximum Gasteiger partial charge on any atom is 0.267 e. The number of amides is 2. The number of aromatic nitrogens is 1. The number of hydrogen-bond acceptors (Lipinski definition) is 5. The first-order valence-electron chi connectivity index (χ1n) is 10.1. The van der Waals surface area contributed by atoms with E-state index in [0.29, 0.717) is 33.5 Å². The summed E-state index contributed by atoms with van der Waals surface area (Å²) in [5.74, 6) is -0.677. The molecule has 0 saturated heterocycles. The second-order valence-electron chi connectivity index (χ2n) is 7.65. The highest BCUT2D eigenvalue weighted by Gasteiger charge is 2.24. The summed E-state index contributed by atoms with van der Waals surface area (Å²) in [6, 6.07) is 11.8. The van der Waals surface area contributed by atoms with E-state index in [9.17, 15) is 14.0 Å². The van der Waals surface area contributed by atoms with Gasteiger partial charge < -0.3 is 16.0 Å². The number of nitrogens with one attached hydrogen (secondary N) is 3. The molecule has 0 unspecified atom stereocenters. The first-order chi connectivity index (χ1) is 14.9. The van der Waals surface area contributed by atoms with Crippen LogP contribution in [0, 0.1) is 19.7 Å². The number of anilines is 2. The van der Waals surface area contributed by atoms with E-state index >= 15 is 0 Å². The Labute approximate surface area is 183 Å². The number of aryl methyl sites for hydroxylation is 2. The number of halogens is 1. The number of thiazole rings is 1. The van der Waals surface area contributed by atoms with Crippen LogP contribution in [0.2, 0.25) is 0 Å². The molecule has 160 valence electrons. The fraction of sp³-hybridized carbons (Fsp3) is 0.261. The molecule has 3 N–H and O–H groups in total. The minimum Gasteiger partial charge on any atom is -0.357 e. The van der Waals surface area contributed by atoms with Crippen LogP contribution in [-0.2, 0) is 6.54 Å². The van der Waals surface area contributed by atoms with E-state index in [1.54, 1.807) is 31.2 Å². The summed E-state index contributed by atoms with van der Waals surface area (Å²) < 4.78 is 13.0. The van der Waals surface area contributed by atoms with Crippen molar-refractivity contribution in [2.24, 2.45) is 0 Å². The Balaban J connectivity index is 1.43. The molecule has 1 aliphatic carbocycles. The topological polar surface area (TPSA) is 83.1 Å². The van der Waals surface area contributed by atoms with Gasteiger partial charge in [0.1, 0.15) is 10.7 Å². The third kappa shape index (κ3) is 5.27. The van der Waals surface area contributed by atoms with Crippen LogP contribution in [0.3, 0.4) is 0 Å². The van der Waals surface area contributed by atoms with Crippen molar-refractivity contribution in [2.75, 3.05) is 10.6 Å². The van der Waals surface area contributed by atoms with Crippen molar-refractivity contribution in [3.63, 3.8) is 0 Å². The van der Waals surface area contributed by atoms with Crippen molar-refractivity contribution in [3.05, 3.63) is 75.5 Å². The predicted octanol–water partition coefficient (Wildman–Crippen LogP) is 4.66. The number of carbonyl (C=O) groups is 2. The van der Waals surface area contributed by atoms with E-state index in [2.05, 4.69) is 20.9 Å². The molecule has 2 aromatic carbocycles. The van der Waals surface area contributed by atoms with E-state index in [1.807, 2.05) is 13.0 Å². The lowest BCUT2D eigenvalue weighted by atomic mass is 10.1. The van der Waals surface area contributed by atoms with Crippen LogP contribution in [0.15, 0.2) is 42.5 Å². The Hall–Kier alpha value is -3.26. The largest absolute Gasteiger partial charge is 0.357 e. The molecule has 0 spiro atoms. The SMILES string of the molecule is Cc1ccc(C(=O)NC2CC2)cc1NC(=O)c1sc(NCc2ccc(F)cc2)nc1C. The Morgan fingerprint density at radius 2 is 1.84 bits per heavy atom. The summed E-state index contributed by atoms with van der Waals surface area (Å²) in [6.45, 7) is 4.14. The predicted molar refractivity (Wildman–Crippen MR) is 120 cm³/mol. The van der Waals surface area contributed by atoms with E-state index in [1.165, 1.54) is 23.5 Å². The molecule has 1 saturated carbocycles. The molecule has 0 aliphatic heterocycles. The van der Waals surface area contributed by atoms with Crippen molar-refractivity contribution in [1.29, 1.82) is 0 Å².